The molecule has 1 fully saturated rings. The van der Waals surface area contributed by atoms with Crippen molar-refractivity contribution in [3.8, 4) is 11.5 Å². The Morgan fingerprint density at radius 3 is 2.30 bits per heavy atom. The maximum absolute atomic E-state index is 12.2. The number of nitrogens with one attached hydrogen (secondary N) is 2. The largest absolute Gasteiger partial charge is 0.497 e. The first kappa shape index (κ1) is 22.4. The monoisotopic (exact) mass is 447 g/mol. The van der Waals surface area contributed by atoms with Crippen LogP contribution in [0.3, 0.4) is 0 Å². The molecule has 2 heterocycles. The van der Waals surface area contributed by atoms with Crippen LogP contribution in [0.5, 0.6) is 11.5 Å². The topological polar surface area (TPSA) is 88.6 Å². The van der Waals surface area contributed by atoms with Crippen LogP contribution in [0.2, 0.25) is 0 Å². The van der Waals surface area contributed by atoms with Gasteiger partial charge < -0.3 is 25.0 Å². The third-order valence-corrected chi connectivity index (χ3v) is 5.35. The summed E-state index contributed by atoms with van der Waals surface area (Å²) in [6.07, 6.45) is 3.63. The standard InChI is InChI=1S/C25H29N5O3/c1-18-16-23(29-25(26-18)30-14-4-3-5-15-30)27-19-6-8-20(9-7-19)28-24(31)17-33-22-12-10-21(32-2)11-13-22/h6-13,16H,3-5,14-15,17H2,1-2H3,(H,28,31)(H,26,27,29). The van der Waals surface area contributed by atoms with E-state index in [0.717, 1.165) is 42.0 Å². The van der Waals surface area contributed by atoms with Gasteiger partial charge in [0, 0.05) is 36.2 Å². The third kappa shape index (κ3) is 6.35. The Kier molecular flexibility index (Phi) is 7.24. The summed E-state index contributed by atoms with van der Waals surface area (Å²) in [6, 6.07) is 16.5. The van der Waals surface area contributed by atoms with E-state index >= 15 is 0 Å². The number of carbonyl (C=O) groups is 1. The highest BCUT2D eigenvalue weighted by Gasteiger charge is 2.14. The molecule has 0 saturated carbocycles. The first-order valence-electron chi connectivity index (χ1n) is 11.1. The van der Waals surface area contributed by atoms with Crippen molar-refractivity contribution in [3.05, 3.63) is 60.3 Å². The molecule has 33 heavy (non-hydrogen) atoms. The van der Waals surface area contributed by atoms with E-state index in [9.17, 15) is 4.79 Å². The minimum absolute atomic E-state index is 0.0776. The van der Waals surface area contributed by atoms with Crippen LogP contribution < -0.4 is 25.0 Å². The second-order valence-electron chi connectivity index (χ2n) is 7.96. The molecule has 1 saturated heterocycles. The van der Waals surface area contributed by atoms with Crippen LogP contribution in [0.4, 0.5) is 23.1 Å². The molecule has 0 unspecified atom stereocenters. The van der Waals surface area contributed by atoms with Gasteiger partial charge in [0.25, 0.3) is 5.91 Å². The zero-order valence-electron chi connectivity index (χ0n) is 19.0. The van der Waals surface area contributed by atoms with Gasteiger partial charge in [-0.15, -0.1) is 0 Å². The van der Waals surface area contributed by atoms with Crippen molar-refractivity contribution >= 4 is 29.0 Å². The van der Waals surface area contributed by atoms with Gasteiger partial charge in [0.05, 0.1) is 7.11 Å². The number of methoxy groups -OCH3 is 1. The second kappa shape index (κ2) is 10.7. The molecule has 3 aromatic rings. The van der Waals surface area contributed by atoms with Crippen molar-refractivity contribution in [1.82, 2.24) is 9.97 Å². The number of piperidine rings is 1. The highest BCUT2D eigenvalue weighted by atomic mass is 16.5. The molecule has 1 aliphatic heterocycles. The Hall–Kier alpha value is -3.81. The molecule has 0 bridgehead atoms. The van der Waals surface area contributed by atoms with Crippen molar-refractivity contribution in [2.45, 2.75) is 26.2 Å². The van der Waals surface area contributed by atoms with E-state index < -0.39 is 0 Å². The SMILES string of the molecule is COc1ccc(OCC(=O)Nc2ccc(Nc3cc(C)nc(N4CCCCC4)n3)cc2)cc1. The van der Waals surface area contributed by atoms with Crippen LogP contribution in [-0.4, -0.2) is 42.7 Å². The fourth-order valence-electron chi connectivity index (χ4n) is 3.65. The van der Waals surface area contributed by atoms with Gasteiger partial charge in [-0.2, -0.15) is 4.98 Å². The second-order valence-corrected chi connectivity index (χ2v) is 7.96. The number of nitrogens with zero attached hydrogens (tertiary/aromatic N) is 3. The van der Waals surface area contributed by atoms with Crippen molar-refractivity contribution < 1.29 is 14.3 Å². The van der Waals surface area contributed by atoms with Gasteiger partial charge in [0.15, 0.2) is 6.61 Å². The van der Waals surface area contributed by atoms with Gasteiger partial charge >= 0.3 is 0 Å². The minimum atomic E-state index is -0.232. The number of hydrogen-bond acceptors (Lipinski definition) is 7. The normalized spacial score (nSPS) is 13.3. The number of benzene rings is 2. The quantitative estimate of drug-likeness (QED) is 0.524. The lowest BCUT2D eigenvalue weighted by Gasteiger charge is -2.27. The van der Waals surface area contributed by atoms with Crippen LogP contribution in [-0.2, 0) is 4.79 Å². The summed E-state index contributed by atoms with van der Waals surface area (Å²) in [5.41, 5.74) is 2.50. The molecular weight excluding hydrogens is 418 g/mol. The van der Waals surface area contributed by atoms with E-state index in [1.54, 1.807) is 31.4 Å². The zero-order valence-corrected chi connectivity index (χ0v) is 19.0. The highest BCUT2D eigenvalue weighted by molar-refractivity contribution is 5.92. The van der Waals surface area contributed by atoms with Gasteiger partial charge in [-0.1, -0.05) is 0 Å². The van der Waals surface area contributed by atoms with Crippen molar-refractivity contribution in [1.29, 1.82) is 0 Å². The first-order valence-corrected chi connectivity index (χ1v) is 11.1. The van der Waals surface area contributed by atoms with Gasteiger partial charge in [-0.25, -0.2) is 4.98 Å². The molecule has 0 aliphatic carbocycles. The molecule has 1 aromatic heterocycles. The van der Waals surface area contributed by atoms with Gasteiger partial charge in [-0.3, -0.25) is 4.79 Å². The summed E-state index contributed by atoms with van der Waals surface area (Å²) < 4.78 is 10.6. The van der Waals surface area contributed by atoms with Crippen LogP contribution in [0, 0.1) is 6.92 Å². The number of hydrogen-bond donors (Lipinski definition) is 2. The number of anilines is 4. The smallest absolute Gasteiger partial charge is 0.262 e. The van der Waals surface area contributed by atoms with Crippen LogP contribution in [0.1, 0.15) is 25.0 Å². The summed E-state index contributed by atoms with van der Waals surface area (Å²) in [5, 5.41) is 6.17. The van der Waals surface area contributed by atoms with E-state index in [1.807, 2.05) is 37.3 Å². The number of carbonyl (C=O) groups excluding carboxylic acids is 1. The van der Waals surface area contributed by atoms with Crippen molar-refractivity contribution in [2.75, 3.05) is 42.3 Å². The number of ether oxygens (including phenoxy) is 2. The molecule has 8 nitrogen and oxygen atoms in total. The lowest BCUT2D eigenvalue weighted by atomic mass is 10.1. The summed E-state index contributed by atoms with van der Waals surface area (Å²) >= 11 is 0. The Labute approximate surface area is 194 Å². The number of aromatic nitrogens is 2. The molecule has 1 amide bonds. The van der Waals surface area contributed by atoms with Crippen molar-refractivity contribution in [2.24, 2.45) is 0 Å². The predicted octanol–water partition coefficient (Wildman–Crippen LogP) is 4.55. The van der Waals surface area contributed by atoms with Gasteiger partial charge in [-0.05, 0) is 74.7 Å². The first-order chi connectivity index (χ1) is 16.1. The predicted molar refractivity (Wildman–Crippen MR) is 130 cm³/mol. The highest BCUT2D eigenvalue weighted by Crippen LogP contribution is 2.22. The van der Waals surface area contributed by atoms with Gasteiger partial charge in [0.1, 0.15) is 17.3 Å². The van der Waals surface area contributed by atoms with Crippen molar-refractivity contribution in [3.63, 3.8) is 0 Å². The Morgan fingerprint density at radius 2 is 1.61 bits per heavy atom. The lowest BCUT2D eigenvalue weighted by Crippen LogP contribution is -2.31. The number of rotatable bonds is 8. The lowest BCUT2D eigenvalue weighted by molar-refractivity contribution is -0.118. The summed E-state index contributed by atoms with van der Waals surface area (Å²) in [4.78, 5) is 23.8. The fourth-order valence-corrected chi connectivity index (χ4v) is 3.65. The van der Waals surface area contributed by atoms with Crippen LogP contribution >= 0.6 is 0 Å². The maximum Gasteiger partial charge on any atom is 0.262 e. The van der Waals surface area contributed by atoms with E-state index in [4.69, 9.17) is 14.5 Å². The molecule has 1 aliphatic rings. The molecule has 172 valence electrons. The number of aryl methyl sites for hydroxylation is 1. The molecule has 0 spiro atoms. The third-order valence-electron chi connectivity index (χ3n) is 5.35. The number of amides is 1. The molecule has 0 radical (unpaired) electrons. The average molecular weight is 448 g/mol. The minimum Gasteiger partial charge on any atom is -0.497 e. The zero-order chi connectivity index (χ0) is 23.0. The molecule has 2 N–H and O–H groups in total. The Balaban J connectivity index is 1.31. The summed E-state index contributed by atoms with van der Waals surface area (Å²) in [5.74, 6) is 2.64. The summed E-state index contributed by atoms with van der Waals surface area (Å²) in [6.45, 7) is 3.90. The van der Waals surface area contributed by atoms with Crippen LogP contribution in [0.25, 0.3) is 0 Å². The Bertz CT molecular complexity index is 1060. The molecule has 0 atom stereocenters. The maximum atomic E-state index is 12.2. The van der Waals surface area contributed by atoms with Crippen LogP contribution in [0.15, 0.2) is 54.6 Å². The fraction of sp³-hybridized carbons (Fsp3) is 0.320. The van der Waals surface area contributed by atoms with E-state index in [-0.39, 0.29) is 12.5 Å². The van der Waals surface area contributed by atoms with E-state index in [1.165, 1.54) is 19.3 Å². The van der Waals surface area contributed by atoms with Gasteiger partial charge in [0.2, 0.25) is 5.95 Å². The van der Waals surface area contributed by atoms with E-state index in [2.05, 4.69) is 20.5 Å². The Morgan fingerprint density at radius 1 is 0.939 bits per heavy atom. The van der Waals surface area contributed by atoms with E-state index in [0.29, 0.717) is 11.4 Å². The molecule has 2 aromatic carbocycles. The molecule has 4 rings (SSSR count). The summed E-state index contributed by atoms with van der Waals surface area (Å²) in [7, 11) is 1.60. The molecular formula is C25H29N5O3. The average Bonchev–Trinajstić information content (AvgIpc) is 2.84. The molecule has 8 heteroatoms.